The van der Waals surface area contributed by atoms with Gasteiger partial charge in [-0.3, -0.25) is 19.3 Å². The molecule has 1 aliphatic heterocycles. The van der Waals surface area contributed by atoms with Crippen molar-refractivity contribution in [3.05, 3.63) is 81.2 Å². The molecule has 8 nitrogen and oxygen atoms in total. The van der Waals surface area contributed by atoms with Crippen molar-refractivity contribution < 1.29 is 28.7 Å². The highest BCUT2D eigenvalue weighted by Gasteiger charge is 2.35. The van der Waals surface area contributed by atoms with Crippen LogP contribution in [0.5, 0.6) is 5.75 Å². The molecule has 2 heterocycles. The van der Waals surface area contributed by atoms with Crippen LogP contribution in [0.1, 0.15) is 54.0 Å². The SMILES string of the molecule is CCOC(=O)c1cc(CN2C(=O)c3ccccc3C2=O)sc1NC(=O)COc1c(C)cccc1C. The van der Waals surface area contributed by atoms with Gasteiger partial charge in [0, 0.05) is 4.88 Å². The molecule has 0 saturated carbocycles. The second-order valence-electron chi connectivity index (χ2n) is 7.98. The minimum atomic E-state index is -0.608. The highest BCUT2D eigenvalue weighted by Crippen LogP contribution is 2.32. The van der Waals surface area contributed by atoms with Crippen molar-refractivity contribution in [3.63, 3.8) is 0 Å². The molecule has 0 radical (unpaired) electrons. The Bertz CT molecular complexity index is 1270. The molecule has 3 aromatic rings. The standard InChI is InChI=1S/C26H24N2O6S/c1-4-33-26(32)20-12-17(13-28-24(30)18-10-5-6-11-19(18)25(28)31)35-23(20)27-21(29)14-34-22-15(2)8-7-9-16(22)3/h5-12H,4,13-14H2,1-3H3,(H,27,29). The molecule has 9 heteroatoms. The van der Waals surface area contributed by atoms with E-state index in [0.717, 1.165) is 27.4 Å². The number of hydrogen-bond acceptors (Lipinski definition) is 7. The fourth-order valence-corrected chi connectivity index (χ4v) is 4.89. The summed E-state index contributed by atoms with van der Waals surface area (Å²) in [7, 11) is 0. The van der Waals surface area contributed by atoms with E-state index in [1.165, 1.54) is 6.07 Å². The van der Waals surface area contributed by atoms with E-state index in [0.29, 0.717) is 21.8 Å². The third-order valence-electron chi connectivity index (χ3n) is 5.48. The summed E-state index contributed by atoms with van der Waals surface area (Å²) in [6, 6.07) is 13.8. The molecule has 0 atom stereocenters. The fourth-order valence-electron chi connectivity index (χ4n) is 3.84. The molecule has 35 heavy (non-hydrogen) atoms. The van der Waals surface area contributed by atoms with Crippen LogP contribution in [-0.4, -0.2) is 41.8 Å². The van der Waals surface area contributed by atoms with Crippen molar-refractivity contribution in [3.8, 4) is 5.75 Å². The molecule has 0 fully saturated rings. The quantitative estimate of drug-likeness (QED) is 0.370. The van der Waals surface area contributed by atoms with Crippen LogP contribution < -0.4 is 10.1 Å². The molecule has 0 bridgehead atoms. The van der Waals surface area contributed by atoms with Crippen LogP contribution >= 0.6 is 11.3 Å². The van der Waals surface area contributed by atoms with Gasteiger partial charge in [-0.05, 0) is 50.1 Å². The molecule has 0 spiro atoms. The highest BCUT2D eigenvalue weighted by atomic mass is 32.1. The summed E-state index contributed by atoms with van der Waals surface area (Å²) in [5, 5.41) is 2.98. The van der Waals surface area contributed by atoms with Gasteiger partial charge in [0.1, 0.15) is 10.8 Å². The van der Waals surface area contributed by atoms with Crippen LogP contribution in [0.3, 0.4) is 0 Å². The minimum Gasteiger partial charge on any atom is -0.483 e. The van der Waals surface area contributed by atoms with Gasteiger partial charge in [0.05, 0.1) is 29.8 Å². The van der Waals surface area contributed by atoms with Crippen molar-refractivity contribution in [2.75, 3.05) is 18.5 Å². The Labute approximate surface area is 206 Å². The summed E-state index contributed by atoms with van der Waals surface area (Å²) in [5.74, 6) is -1.23. The Morgan fingerprint density at radius 2 is 1.60 bits per heavy atom. The van der Waals surface area contributed by atoms with Gasteiger partial charge < -0.3 is 14.8 Å². The highest BCUT2D eigenvalue weighted by molar-refractivity contribution is 7.16. The number of ether oxygens (including phenoxy) is 2. The Morgan fingerprint density at radius 1 is 0.971 bits per heavy atom. The topological polar surface area (TPSA) is 102 Å². The molecule has 1 N–H and O–H groups in total. The average Bonchev–Trinajstić information content (AvgIpc) is 3.33. The molecule has 1 aliphatic rings. The number of thiophene rings is 1. The molecule has 1 aromatic heterocycles. The number of aryl methyl sites for hydroxylation is 2. The average molecular weight is 493 g/mol. The number of nitrogens with zero attached hydrogens (tertiary/aromatic N) is 1. The van der Waals surface area contributed by atoms with E-state index in [4.69, 9.17) is 9.47 Å². The van der Waals surface area contributed by atoms with Crippen molar-refractivity contribution in [1.82, 2.24) is 4.90 Å². The summed E-state index contributed by atoms with van der Waals surface area (Å²) in [4.78, 5) is 52.3. The van der Waals surface area contributed by atoms with E-state index in [1.807, 2.05) is 32.0 Å². The van der Waals surface area contributed by atoms with Crippen LogP contribution in [0.15, 0.2) is 48.5 Å². The van der Waals surface area contributed by atoms with Gasteiger partial charge in [-0.1, -0.05) is 30.3 Å². The van der Waals surface area contributed by atoms with E-state index in [1.54, 1.807) is 31.2 Å². The first-order valence-corrected chi connectivity index (χ1v) is 11.9. The van der Waals surface area contributed by atoms with Crippen LogP contribution in [0.2, 0.25) is 0 Å². The third-order valence-corrected chi connectivity index (χ3v) is 6.52. The smallest absolute Gasteiger partial charge is 0.341 e. The number of para-hydroxylation sites is 1. The number of anilines is 1. The van der Waals surface area contributed by atoms with Crippen LogP contribution in [0, 0.1) is 13.8 Å². The summed E-state index contributed by atoms with van der Waals surface area (Å²) in [5.41, 5.74) is 2.66. The number of imide groups is 1. The number of hydrogen-bond donors (Lipinski definition) is 1. The maximum atomic E-state index is 12.7. The lowest BCUT2D eigenvalue weighted by Gasteiger charge is -2.12. The molecule has 2 aromatic carbocycles. The molecule has 180 valence electrons. The second-order valence-corrected chi connectivity index (χ2v) is 9.11. The molecular weight excluding hydrogens is 468 g/mol. The number of carbonyl (C=O) groups is 4. The largest absolute Gasteiger partial charge is 0.483 e. The Kier molecular flexibility index (Phi) is 6.97. The minimum absolute atomic E-state index is 0.0296. The normalized spacial score (nSPS) is 12.5. The van der Waals surface area contributed by atoms with Crippen molar-refractivity contribution >= 4 is 40.0 Å². The lowest BCUT2D eigenvalue weighted by Crippen LogP contribution is -2.28. The number of nitrogens with one attached hydrogen (secondary N) is 1. The number of carbonyl (C=O) groups excluding carboxylic acids is 4. The fraction of sp³-hybridized carbons (Fsp3) is 0.231. The zero-order valence-electron chi connectivity index (χ0n) is 19.5. The molecule has 0 saturated heterocycles. The van der Waals surface area contributed by atoms with E-state index >= 15 is 0 Å². The van der Waals surface area contributed by atoms with E-state index in [2.05, 4.69) is 5.32 Å². The van der Waals surface area contributed by atoms with Crippen LogP contribution in [0.25, 0.3) is 0 Å². The molecular formula is C26H24N2O6S. The van der Waals surface area contributed by atoms with Gasteiger partial charge >= 0.3 is 5.97 Å². The molecule has 4 rings (SSSR count). The summed E-state index contributed by atoms with van der Waals surface area (Å²) < 4.78 is 10.8. The summed E-state index contributed by atoms with van der Waals surface area (Å²) in [6.45, 7) is 5.34. The first-order chi connectivity index (χ1) is 16.8. The monoisotopic (exact) mass is 492 g/mol. The third kappa shape index (κ3) is 4.95. The van der Waals surface area contributed by atoms with Gasteiger partial charge in [0.25, 0.3) is 17.7 Å². The molecule has 0 unspecified atom stereocenters. The van der Waals surface area contributed by atoms with E-state index in [-0.39, 0.29) is 30.3 Å². The van der Waals surface area contributed by atoms with Gasteiger partial charge in [0.15, 0.2) is 6.61 Å². The summed E-state index contributed by atoms with van der Waals surface area (Å²) >= 11 is 1.11. The second kappa shape index (κ2) is 10.1. The van der Waals surface area contributed by atoms with Gasteiger partial charge in [-0.2, -0.15) is 0 Å². The molecule has 0 aliphatic carbocycles. The zero-order valence-corrected chi connectivity index (χ0v) is 20.4. The van der Waals surface area contributed by atoms with Crippen molar-refractivity contribution in [2.24, 2.45) is 0 Å². The Balaban J connectivity index is 1.52. The van der Waals surface area contributed by atoms with Crippen molar-refractivity contribution in [1.29, 1.82) is 0 Å². The molecule has 3 amide bonds. The Hall–Kier alpha value is -3.98. The number of amides is 3. The lowest BCUT2D eigenvalue weighted by atomic mass is 10.1. The van der Waals surface area contributed by atoms with E-state index in [9.17, 15) is 19.2 Å². The zero-order chi connectivity index (χ0) is 25.1. The predicted octanol–water partition coefficient (Wildman–Crippen LogP) is 4.36. The number of fused-ring (bicyclic) bond motifs is 1. The maximum absolute atomic E-state index is 12.7. The van der Waals surface area contributed by atoms with Gasteiger partial charge in [0.2, 0.25) is 0 Å². The first-order valence-electron chi connectivity index (χ1n) is 11.0. The number of rotatable bonds is 8. The number of esters is 1. The lowest BCUT2D eigenvalue weighted by molar-refractivity contribution is -0.118. The van der Waals surface area contributed by atoms with Gasteiger partial charge in [-0.15, -0.1) is 11.3 Å². The van der Waals surface area contributed by atoms with E-state index < -0.39 is 23.7 Å². The van der Waals surface area contributed by atoms with Crippen LogP contribution in [0.4, 0.5) is 5.00 Å². The predicted molar refractivity (Wildman–Crippen MR) is 131 cm³/mol. The summed E-state index contributed by atoms with van der Waals surface area (Å²) in [6.07, 6.45) is 0. The van der Waals surface area contributed by atoms with Gasteiger partial charge in [-0.25, -0.2) is 4.79 Å². The van der Waals surface area contributed by atoms with Crippen LogP contribution in [-0.2, 0) is 16.1 Å². The Morgan fingerprint density at radius 3 is 2.20 bits per heavy atom. The maximum Gasteiger partial charge on any atom is 0.341 e. The number of benzene rings is 2. The first kappa shape index (κ1) is 24.2. The van der Waals surface area contributed by atoms with Crippen molar-refractivity contribution in [2.45, 2.75) is 27.3 Å².